The molecule has 2 aromatic carbocycles. The number of carbonyl (C=O) groups is 1. The zero-order chi connectivity index (χ0) is 21.3. The summed E-state index contributed by atoms with van der Waals surface area (Å²) in [5, 5.41) is 0.703. The second-order valence-electron chi connectivity index (χ2n) is 7.87. The van der Waals surface area contributed by atoms with Crippen LogP contribution in [0.5, 0.6) is 11.5 Å². The summed E-state index contributed by atoms with van der Waals surface area (Å²) in [6.07, 6.45) is 0.863. The van der Waals surface area contributed by atoms with Crippen LogP contribution in [0.15, 0.2) is 30.3 Å². The van der Waals surface area contributed by atoms with Gasteiger partial charge in [0.2, 0.25) is 0 Å². The van der Waals surface area contributed by atoms with Crippen molar-refractivity contribution >= 4 is 32.6 Å². The van der Waals surface area contributed by atoms with E-state index in [-0.39, 0.29) is 5.91 Å². The molecule has 1 amide bonds. The van der Waals surface area contributed by atoms with E-state index in [4.69, 9.17) is 14.5 Å². The highest BCUT2D eigenvalue weighted by Gasteiger charge is 2.23. The molecule has 7 heteroatoms. The van der Waals surface area contributed by atoms with Crippen molar-refractivity contribution in [2.75, 3.05) is 45.3 Å². The number of benzene rings is 2. The molecule has 158 valence electrons. The topological polar surface area (TPSA) is 54.9 Å². The van der Waals surface area contributed by atoms with E-state index >= 15 is 0 Å². The van der Waals surface area contributed by atoms with E-state index in [9.17, 15) is 4.79 Å². The molecule has 0 aliphatic carbocycles. The number of amides is 1. The monoisotopic (exact) mass is 425 g/mol. The summed E-state index contributed by atoms with van der Waals surface area (Å²) in [5.41, 5.74) is 3.80. The molecule has 0 saturated carbocycles. The summed E-state index contributed by atoms with van der Waals surface area (Å²) < 4.78 is 12.4. The van der Waals surface area contributed by atoms with E-state index in [1.165, 1.54) is 16.9 Å². The van der Waals surface area contributed by atoms with Gasteiger partial charge in [-0.05, 0) is 64.2 Å². The van der Waals surface area contributed by atoms with Crippen molar-refractivity contribution in [3.05, 3.63) is 47.0 Å². The van der Waals surface area contributed by atoms with Crippen LogP contribution >= 0.6 is 11.3 Å². The number of rotatable bonds is 6. The maximum Gasteiger partial charge on any atom is 0.260 e. The number of aromatic nitrogens is 1. The quantitative estimate of drug-likeness (QED) is 0.590. The normalized spacial score (nSPS) is 13.1. The van der Waals surface area contributed by atoms with Crippen LogP contribution in [0.25, 0.3) is 10.2 Å². The minimum Gasteiger partial charge on any atom is -0.486 e. The Balaban J connectivity index is 1.69. The van der Waals surface area contributed by atoms with Crippen molar-refractivity contribution in [2.45, 2.75) is 20.3 Å². The lowest BCUT2D eigenvalue weighted by Crippen LogP contribution is -2.33. The predicted octanol–water partition coefficient (Wildman–Crippen LogP) is 4.28. The lowest BCUT2D eigenvalue weighted by molar-refractivity contribution is 0.0986. The van der Waals surface area contributed by atoms with E-state index in [0.717, 1.165) is 34.5 Å². The van der Waals surface area contributed by atoms with E-state index < -0.39 is 0 Å². The second-order valence-corrected chi connectivity index (χ2v) is 8.88. The number of anilines is 1. The summed E-state index contributed by atoms with van der Waals surface area (Å²) in [6, 6.07) is 9.73. The van der Waals surface area contributed by atoms with Gasteiger partial charge in [-0.1, -0.05) is 17.4 Å². The Morgan fingerprint density at radius 3 is 2.47 bits per heavy atom. The molecule has 6 nitrogen and oxygen atoms in total. The van der Waals surface area contributed by atoms with Crippen LogP contribution in [0.4, 0.5) is 5.13 Å². The fourth-order valence-corrected chi connectivity index (χ4v) is 4.43. The summed E-state index contributed by atoms with van der Waals surface area (Å²) in [4.78, 5) is 22.2. The molecular formula is C23H27N3O3S. The lowest BCUT2D eigenvalue weighted by Gasteiger charge is -2.21. The molecule has 2 heterocycles. The van der Waals surface area contributed by atoms with Gasteiger partial charge in [-0.3, -0.25) is 9.69 Å². The Hall–Kier alpha value is -2.64. The van der Waals surface area contributed by atoms with Crippen molar-refractivity contribution < 1.29 is 14.3 Å². The summed E-state index contributed by atoms with van der Waals surface area (Å²) in [5.74, 6) is 1.43. The second kappa shape index (κ2) is 8.62. The van der Waals surface area contributed by atoms with Gasteiger partial charge < -0.3 is 14.4 Å². The number of nitrogens with zero attached hydrogens (tertiary/aromatic N) is 3. The predicted molar refractivity (Wildman–Crippen MR) is 121 cm³/mol. The molecular weight excluding hydrogens is 398 g/mol. The molecule has 0 fully saturated rings. The standard InChI is InChI=1S/C23H27N3O3S/c1-15-6-7-17(12-16(15)2)22(27)26(9-5-8-25(3)4)23-24-18-13-19-20(14-21(18)30-23)29-11-10-28-19/h6-7,12-14H,5,8-11H2,1-4H3. The number of hydrogen-bond acceptors (Lipinski definition) is 6. The Morgan fingerprint density at radius 2 is 1.77 bits per heavy atom. The summed E-state index contributed by atoms with van der Waals surface area (Å²) in [6.45, 7) is 6.68. The number of hydrogen-bond donors (Lipinski definition) is 0. The van der Waals surface area contributed by atoms with Gasteiger partial charge in [-0.25, -0.2) is 4.98 Å². The molecule has 1 aromatic heterocycles. The highest BCUT2D eigenvalue weighted by Crippen LogP contribution is 2.39. The maximum atomic E-state index is 13.4. The van der Waals surface area contributed by atoms with Gasteiger partial charge in [-0.2, -0.15) is 0 Å². The van der Waals surface area contributed by atoms with Crippen LogP contribution in [-0.4, -0.2) is 56.2 Å². The zero-order valence-electron chi connectivity index (χ0n) is 17.9. The average Bonchev–Trinajstić information content (AvgIpc) is 3.13. The molecule has 0 saturated heterocycles. The van der Waals surface area contributed by atoms with E-state index in [0.29, 0.717) is 36.2 Å². The first-order chi connectivity index (χ1) is 14.4. The van der Waals surface area contributed by atoms with Gasteiger partial charge in [-0.15, -0.1) is 0 Å². The van der Waals surface area contributed by atoms with Gasteiger partial charge in [0.25, 0.3) is 5.91 Å². The zero-order valence-corrected chi connectivity index (χ0v) is 18.7. The van der Waals surface area contributed by atoms with Gasteiger partial charge in [0.05, 0.1) is 10.2 Å². The fourth-order valence-electron chi connectivity index (χ4n) is 3.43. The number of aryl methyl sites for hydroxylation is 2. The highest BCUT2D eigenvalue weighted by molar-refractivity contribution is 7.22. The highest BCUT2D eigenvalue weighted by atomic mass is 32.1. The molecule has 0 unspecified atom stereocenters. The number of fused-ring (bicyclic) bond motifs is 2. The fraction of sp³-hybridized carbons (Fsp3) is 0.391. The maximum absolute atomic E-state index is 13.4. The van der Waals surface area contributed by atoms with Crippen molar-refractivity contribution in [1.82, 2.24) is 9.88 Å². The van der Waals surface area contributed by atoms with Crippen LogP contribution in [-0.2, 0) is 0 Å². The van der Waals surface area contributed by atoms with E-state index in [1.807, 2.05) is 51.4 Å². The van der Waals surface area contributed by atoms with Gasteiger partial charge in [0.1, 0.15) is 13.2 Å². The number of ether oxygens (including phenoxy) is 2. The van der Waals surface area contributed by atoms with Crippen LogP contribution < -0.4 is 14.4 Å². The van der Waals surface area contributed by atoms with Crippen LogP contribution in [0, 0.1) is 13.8 Å². The SMILES string of the molecule is Cc1ccc(C(=O)N(CCCN(C)C)c2nc3cc4c(cc3s2)OCCO4)cc1C. The molecule has 0 spiro atoms. The average molecular weight is 426 g/mol. The minimum absolute atomic E-state index is 0.0202. The van der Waals surface area contributed by atoms with Crippen molar-refractivity contribution in [2.24, 2.45) is 0 Å². The lowest BCUT2D eigenvalue weighted by atomic mass is 10.1. The Kier molecular flexibility index (Phi) is 5.92. The molecule has 0 radical (unpaired) electrons. The van der Waals surface area contributed by atoms with E-state index in [2.05, 4.69) is 11.8 Å². The molecule has 0 N–H and O–H groups in total. The molecule has 3 aromatic rings. The number of carbonyl (C=O) groups excluding carboxylic acids is 1. The van der Waals surface area contributed by atoms with Crippen molar-refractivity contribution in [1.29, 1.82) is 0 Å². The first-order valence-corrected chi connectivity index (χ1v) is 11.0. The summed E-state index contributed by atoms with van der Waals surface area (Å²) >= 11 is 1.51. The molecule has 1 aliphatic rings. The molecule has 1 aliphatic heterocycles. The Bertz CT molecular complexity index is 1030. The smallest absolute Gasteiger partial charge is 0.260 e. The Labute approximate surface area is 181 Å². The molecule has 0 atom stereocenters. The van der Waals surface area contributed by atoms with E-state index in [1.54, 1.807) is 4.90 Å². The van der Waals surface area contributed by atoms with Gasteiger partial charge in [0, 0.05) is 24.2 Å². The third-order valence-electron chi connectivity index (χ3n) is 5.26. The van der Waals surface area contributed by atoms with Crippen LogP contribution in [0.3, 0.4) is 0 Å². The molecule has 4 rings (SSSR count). The van der Waals surface area contributed by atoms with Gasteiger partial charge >= 0.3 is 0 Å². The summed E-state index contributed by atoms with van der Waals surface area (Å²) in [7, 11) is 4.08. The van der Waals surface area contributed by atoms with Crippen LogP contribution in [0.2, 0.25) is 0 Å². The largest absolute Gasteiger partial charge is 0.486 e. The third-order valence-corrected chi connectivity index (χ3v) is 6.30. The van der Waals surface area contributed by atoms with Crippen molar-refractivity contribution in [3.8, 4) is 11.5 Å². The Morgan fingerprint density at radius 1 is 1.03 bits per heavy atom. The van der Waals surface area contributed by atoms with Gasteiger partial charge in [0.15, 0.2) is 16.6 Å². The molecule has 0 bridgehead atoms. The molecule has 30 heavy (non-hydrogen) atoms. The van der Waals surface area contributed by atoms with Crippen molar-refractivity contribution in [3.63, 3.8) is 0 Å². The first kappa shape index (κ1) is 20.6. The first-order valence-electron chi connectivity index (χ1n) is 10.2. The third kappa shape index (κ3) is 4.27. The number of thiazole rings is 1. The minimum atomic E-state index is -0.0202. The van der Waals surface area contributed by atoms with Crippen LogP contribution in [0.1, 0.15) is 27.9 Å².